The van der Waals surface area contributed by atoms with E-state index in [-0.39, 0.29) is 13.2 Å². The topological polar surface area (TPSA) is 64.7 Å². The molecule has 2 aromatic rings. The van der Waals surface area contributed by atoms with E-state index in [0.717, 1.165) is 6.42 Å². The smallest absolute Gasteiger partial charge is 0.119 e. The van der Waals surface area contributed by atoms with Gasteiger partial charge in [-0.25, -0.2) is 0 Å². The van der Waals surface area contributed by atoms with Gasteiger partial charge in [0.15, 0.2) is 0 Å². The largest absolute Gasteiger partial charge is 0.491 e. The highest BCUT2D eigenvalue weighted by molar-refractivity contribution is 7.09. The number of aliphatic hydroxyl groups excluding tert-OH is 1. The standard InChI is InChI=1S/C15H19NO3S/c16-12-3-5-14(6-4-12)19-11-13(17)10-18-8-7-15-2-1-9-20-15/h1-6,9,13,17H,7-8,10-11,16H2. The fourth-order valence-corrected chi connectivity index (χ4v) is 2.34. The van der Waals surface area contributed by atoms with Gasteiger partial charge >= 0.3 is 0 Å². The molecular weight excluding hydrogens is 274 g/mol. The number of hydrogen-bond donors (Lipinski definition) is 2. The Hall–Kier alpha value is -1.56. The molecule has 0 saturated heterocycles. The Kier molecular flexibility index (Phi) is 5.86. The molecule has 1 aromatic heterocycles. The van der Waals surface area contributed by atoms with E-state index >= 15 is 0 Å². The molecule has 4 nitrogen and oxygen atoms in total. The van der Waals surface area contributed by atoms with E-state index in [1.54, 1.807) is 35.6 Å². The molecule has 0 fully saturated rings. The molecule has 1 unspecified atom stereocenters. The zero-order valence-corrected chi connectivity index (χ0v) is 12.0. The van der Waals surface area contributed by atoms with Crippen molar-refractivity contribution in [2.24, 2.45) is 0 Å². The first kappa shape index (κ1) is 14.8. The van der Waals surface area contributed by atoms with Gasteiger partial charge < -0.3 is 20.3 Å². The summed E-state index contributed by atoms with van der Waals surface area (Å²) in [6, 6.07) is 11.2. The van der Waals surface area contributed by atoms with Crippen molar-refractivity contribution < 1.29 is 14.6 Å². The minimum atomic E-state index is -0.629. The molecule has 1 atom stereocenters. The lowest BCUT2D eigenvalue weighted by Crippen LogP contribution is -2.24. The Balaban J connectivity index is 1.58. The monoisotopic (exact) mass is 293 g/mol. The second kappa shape index (κ2) is 7.89. The predicted octanol–water partition coefficient (Wildman–Crippen LogP) is 2.33. The Morgan fingerprint density at radius 3 is 2.65 bits per heavy atom. The molecule has 0 saturated carbocycles. The van der Waals surface area contributed by atoms with Crippen LogP contribution >= 0.6 is 11.3 Å². The van der Waals surface area contributed by atoms with E-state index < -0.39 is 6.10 Å². The summed E-state index contributed by atoms with van der Waals surface area (Å²) in [4.78, 5) is 1.29. The van der Waals surface area contributed by atoms with Crippen LogP contribution in [0.3, 0.4) is 0 Å². The van der Waals surface area contributed by atoms with Crippen molar-refractivity contribution in [1.29, 1.82) is 0 Å². The maximum absolute atomic E-state index is 9.75. The number of hydrogen-bond acceptors (Lipinski definition) is 5. The van der Waals surface area contributed by atoms with Gasteiger partial charge in [0, 0.05) is 17.0 Å². The van der Waals surface area contributed by atoms with E-state index in [1.165, 1.54) is 4.88 Å². The van der Waals surface area contributed by atoms with E-state index in [4.69, 9.17) is 15.2 Å². The van der Waals surface area contributed by atoms with Crippen LogP contribution in [0, 0.1) is 0 Å². The maximum Gasteiger partial charge on any atom is 0.119 e. The van der Waals surface area contributed by atoms with Crippen LogP contribution in [-0.2, 0) is 11.2 Å². The highest BCUT2D eigenvalue weighted by atomic mass is 32.1. The average Bonchev–Trinajstić information content (AvgIpc) is 2.96. The molecule has 2 rings (SSSR count). The fraction of sp³-hybridized carbons (Fsp3) is 0.333. The summed E-state index contributed by atoms with van der Waals surface area (Å²) < 4.78 is 10.9. The molecule has 1 heterocycles. The molecular formula is C15H19NO3S. The van der Waals surface area contributed by atoms with Crippen LogP contribution in [0.2, 0.25) is 0 Å². The number of anilines is 1. The molecule has 0 amide bonds. The summed E-state index contributed by atoms with van der Waals surface area (Å²) in [6.07, 6.45) is 0.249. The number of benzene rings is 1. The fourth-order valence-electron chi connectivity index (χ4n) is 1.65. The lowest BCUT2D eigenvalue weighted by Gasteiger charge is -2.12. The molecule has 1 aromatic carbocycles. The zero-order valence-electron chi connectivity index (χ0n) is 11.2. The molecule has 0 aliphatic heterocycles. The number of rotatable bonds is 8. The Bertz CT molecular complexity index is 484. The lowest BCUT2D eigenvalue weighted by atomic mass is 10.3. The first-order valence-corrected chi connectivity index (χ1v) is 7.38. The summed E-state index contributed by atoms with van der Waals surface area (Å²) >= 11 is 1.71. The van der Waals surface area contributed by atoms with Gasteiger partial charge in [-0.05, 0) is 35.7 Å². The minimum Gasteiger partial charge on any atom is -0.491 e. The first-order valence-electron chi connectivity index (χ1n) is 6.50. The van der Waals surface area contributed by atoms with Gasteiger partial charge in [0.05, 0.1) is 13.2 Å². The number of aliphatic hydroxyl groups is 1. The molecule has 0 bridgehead atoms. The van der Waals surface area contributed by atoms with Gasteiger partial charge in [0.2, 0.25) is 0 Å². The predicted molar refractivity (Wildman–Crippen MR) is 81.2 cm³/mol. The van der Waals surface area contributed by atoms with E-state index in [0.29, 0.717) is 18.0 Å². The summed E-state index contributed by atoms with van der Waals surface area (Å²) in [5.74, 6) is 0.692. The molecule has 0 radical (unpaired) electrons. The third-order valence-corrected chi connectivity index (χ3v) is 3.64. The van der Waals surface area contributed by atoms with Crippen molar-refractivity contribution >= 4 is 17.0 Å². The van der Waals surface area contributed by atoms with Gasteiger partial charge in [0.25, 0.3) is 0 Å². The van der Waals surface area contributed by atoms with Crippen molar-refractivity contribution in [3.8, 4) is 5.75 Å². The van der Waals surface area contributed by atoms with Crippen molar-refractivity contribution in [2.45, 2.75) is 12.5 Å². The minimum absolute atomic E-state index is 0.211. The van der Waals surface area contributed by atoms with Crippen LogP contribution in [0.15, 0.2) is 41.8 Å². The Morgan fingerprint density at radius 1 is 1.15 bits per heavy atom. The van der Waals surface area contributed by atoms with E-state index in [2.05, 4.69) is 6.07 Å². The summed E-state index contributed by atoms with van der Waals surface area (Å²) in [6.45, 7) is 1.10. The third kappa shape index (κ3) is 5.21. The van der Waals surface area contributed by atoms with Crippen LogP contribution in [0.25, 0.3) is 0 Å². The van der Waals surface area contributed by atoms with Crippen molar-refractivity contribution in [3.63, 3.8) is 0 Å². The molecule has 108 valence electrons. The summed E-state index contributed by atoms with van der Waals surface area (Å²) in [5, 5.41) is 11.8. The highest BCUT2D eigenvalue weighted by Crippen LogP contribution is 2.13. The Labute approximate surface area is 122 Å². The summed E-state index contributed by atoms with van der Waals surface area (Å²) in [5.41, 5.74) is 6.27. The molecule has 0 aliphatic rings. The number of nitrogen functional groups attached to an aromatic ring is 1. The molecule has 0 aliphatic carbocycles. The SMILES string of the molecule is Nc1ccc(OCC(O)COCCc2cccs2)cc1. The van der Waals surface area contributed by atoms with Gasteiger partial charge in [-0.15, -0.1) is 11.3 Å². The van der Waals surface area contributed by atoms with Gasteiger partial charge in [-0.2, -0.15) is 0 Å². The number of thiophene rings is 1. The van der Waals surface area contributed by atoms with Gasteiger partial charge in [0.1, 0.15) is 18.5 Å². The lowest BCUT2D eigenvalue weighted by molar-refractivity contribution is 0.0132. The van der Waals surface area contributed by atoms with Crippen LogP contribution in [0.5, 0.6) is 5.75 Å². The second-order valence-corrected chi connectivity index (χ2v) is 5.47. The second-order valence-electron chi connectivity index (χ2n) is 4.44. The normalized spacial score (nSPS) is 12.2. The maximum atomic E-state index is 9.75. The zero-order chi connectivity index (χ0) is 14.2. The van der Waals surface area contributed by atoms with Gasteiger partial charge in [-0.3, -0.25) is 0 Å². The van der Waals surface area contributed by atoms with Crippen LogP contribution < -0.4 is 10.5 Å². The summed E-state index contributed by atoms with van der Waals surface area (Å²) in [7, 11) is 0. The van der Waals surface area contributed by atoms with Crippen LogP contribution in [0.4, 0.5) is 5.69 Å². The quantitative estimate of drug-likeness (QED) is 0.579. The molecule has 3 N–H and O–H groups in total. The van der Waals surface area contributed by atoms with E-state index in [1.807, 2.05) is 11.4 Å². The van der Waals surface area contributed by atoms with Crippen LogP contribution in [-0.4, -0.2) is 31.0 Å². The van der Waals surface area contributed by atoms with Crippen molar-refractivity contribution in [2.75, 3.05) is 25.6 Å². The average molecular weight is 293 g/mol. The Morgan fingerprint density at radius 2 is 1.95 bits per heavy atom. The number of ether oxygens (including phenoxy) is 2. The van der Waals surface area contributed by atoms with Crippen molar-refractivity contribution in [3.05, 3.63) is 46.7 Å². The van der Waals surface area contributed by atoms with Crippen molar-refractivity contribution in [1.82, 2.24) is 0 Å². The highest BCUT2D eigenvalue weighted by Gasteiger charge is 2.05. The molecule has 20 heavy (non-hydrogen) atoms. The van der Waals surface area contributed by atoms with Gasteiger partial charge in [-0.1, -0.05) is 6.07 Å². The third-order valence-electron chi connectivity index (χ3n) is 2.71. The molecule has 0 spiro atoms. The first-order chi connectivity index (χ1) is 9.74. The molecule has 5 heteroatoms. The van der Waals surface area contributed by atoms with E-state index in [9.17, 15) is 5.11 Å². The number of nitrogens with two attached hydrogens (primary N) is 1. The van der Waals surface area contributed by atoms with Crippen LogP contribution in [0.1, 0.15) is 4.88 Å².